The monoisotopic (exact) mass is 356 g/mol. The highest BCUT2D eigenvalue weighted by atomic mass is 35.5. The first-order valence-corrected chi connectivity index (χ1v) is 8.51. The van der Waals surface area contributed by atoms with E-state index in [0.717, 1.165) is 43.7 Å². The van der Waals surface area contributed by atoms with Crippen molar-refractivity contribution in [3.63, 3.8) is 0 Å². The van der Waals surface area contributed by atoms with Crippen LogP contribution in [-0.4, -0.2) is 25.6 Å². The Hall–Kier alpha value is -0.970. The molecule has 6 heteroatoms. The highest BCUT2D eigenvalue weighted by molar-refractivity contribution is 6.30. The number of halogens is 2. The SMILES string of the molecule is Cl.O=C(NC1COc2ccc(Cl)cc21)[C@@]12CCCC[C@H]1CNC2. The van der Waals surface area contributed by atoms with Crippen molar-refractivity contribution in [2.45, 2.75) is 31.7 Å². The van der Waals surface area contributed by atoms with Crippen LogP contribution in [0, 0.1) is 11.3 Å². The molecule has 0 spiro atoms. The third kappa shape index (κ3) is 2.81. The highest BCUT2D eigenvalue weighted by Gasteiger charge is 2.50. The summed E-state index contributed by atoms with van der Waals surface area (Å²) >= 11 is 6.08. The number of hydrogen-bond acceptors (Lipinski definition) is 3. The Balaban J connectivity index is 0.00000156. The highest BCUT2D eigenvalue weighted by Crippen LogP contribution is 2.45. The van der Waals surface area contributed by atoms with Crippen molar-refractivity contribution in [2.75, 3.05) is 19.7 Å². The fourth-order valence-corrected chi connectivity index (χ4v) is 4.48. The molecule has 0 radical (unpaired) electrons. The molecule has 2 heterocycles. The van der Waals surface area contributed by atoms with E-state index in [9.17, 15) is 4.79 Å². The summed E-state index contributed by atoms with van der Waals surface area (Å²) in [6.45, 7) is 2.27. The predicted octanol–water partition coefficient (Wildman–Crippen LogP) is 3.09. The Morgan fingerprint density at radius 2 is 2.26 bits per heavy atom. The summed E-state index contributed by atoms with van der Waals surface area (Å²) in [6.07, 6.45) is 4.54. The third-order valence-electron chi connectivity index (χ3n) is 5.55. The molecule has 1 saturated heterocycles. The van der Waals surface area contributed by atoms with Gasteiger partial charge in [-0.05, 0) is 43.5 Å². The Kier molecular flexibility index (Phi) is 4.77. The molecule has 1 saturated carbocycles. The number of ether oxygens (including phenoxy) is 1. The van der Waals surface area contributed by atoms with Gasteiger partial charge in [0.05, 0.1) is 11.5 Å². The molecule has 0 bridgehead atoms. The fraction of sp³-hybridized carbons (Fsp3) is 0.588. The zero-order chi connectivity index (χ0) is 15.2. The predicted molar refractivity (Wildman–Crippen MR) is 92.3 cm³/mol. The molecule has 2 aliphatic heterocycles. The number of fused-ring (bicyclic) bond motifs is 2. The van der Waals surface area contributed by atoms with Crippen LogP contribution in [0.3, 0.4) is 0 Å². The van der Waals surface area contributed by atoms with Crippen LogP contribution in [0.1, 0.15) is 37.3 Å². The Labute approximate surface area is 147 Å². The summed E-state index contributed by atoms with van der Waals surface area (Å²) in [7, 11) is 0. The van der Waals surface area contributed by atoms with Gasteiger partial charge < -0.3 is 15.4 Å². The van der Waals surface area contributed by atoms with Crippen molar-refractivity contribution in [2.24, 2.45) is 11.3 Å². The molecule has 0 aromatic heterocycles. The Morgan fingerprint density at radius 3 is 3.13 bits per heavy atom. The molecule has 2 N–H and O–H groups in total. The summed E-state index contributed by atoms with van der Waals surface area (Å²) in [6, 6.07) is 5.51. The fourth-order valence-electron chi connectivity index (χ4n) is 4.30. The molecule has 3 atom stereocenters. The Bertz CT molecular complexity index is 610. The van der Waals surface area contributed by atoms with E-state index in [2.05, 4.69) is 10.6 Å². The molecule has 4 nitrogen and oxygen atoms in total. The van der Waals surface area contributed by atoms with Crippen molar-refractivity contribution >= 4 is 29.9 Å². The molecule has 1 aromatic rings. The number of rotatable bonds is 2. The topological polar surface area (TPSA) is 50.4 Å². The van der Waals surface area contributed by atoms with Gasteiger partial charge in [0, 0.05) is 17.1 Å². The normalized spacial score (nSPS) is 31.5. The zero-order valence-corrected chi connectivity index (χ0v) is 14.5. The number of carbonyl (C=O) groups excluding carboxylic acids is 1. The quantitative estimate of drug-likeness (QED) is 0.855. The second-order valence-corrected chi connectivity index (χ2v) is 7.19. The second kappa shape index (κ2) is 6.50. The summed E-state index contributed by atoms with van der Waals surface area (Å²) < 4.78 is 5.67. The average Bonchev–Trinajstić information content (AvgIpc) is 3.12. The minimum atomic E-state index is -0.223. The van der Waals surface area contributed by atoms with Crippen molar-refractivity contribution in [1.29, 1.82) is 0 Å². The number of carbonyl (C=O) groups is 1. The summed E-state index contributed by atoms with van der Waals surface area (Å²) in [5.74, 6) is 1.49. The van der Waals surface area contributed by atoms with Gasteiger partial charge >= 0.3 is 0 Å². The number of nitrogens with one attached hydrogen (secondary N) is 2. The van der Waals surface area contributed by atoms with Gasteiger partial charge in [-0.3, -0.25) is 4.79 Å². The number of benzene rings is 1. The molecule has 1 aliphatic carbocycles. The van der Waals surface area contributed by atoms with Crippen LogP contribution < -0.4 is 15.4 Å². The van der Waals surface area contributed by atoms with Crippen molar-refractivity contribution < 1.29 is 9.53 Å². The maximum absolute atomic E-state index is 13.0. The Morgan fingerprint density at radius 1 is 1.39 bits per heavy atom. The van der Waals surface area contributed by atoms with E-state index in [1.165, 1.54) is 6.42 Å². The van der Waals surface area contributed by atoms with Crippen LogP contribution in [-0.2, 0) is 4.79 Å². The standard InChI is InChI=1S/C17H21ClN2O2.ClH/c18-12-4-5-15-13(7-12)14(9-22-15)20-16(21)17-6-2-1-3-11(17)8-19-10-17;/h4-5,7,11,14,19H,1-3,6,8-10H2,(H,20,21);1H/t11-,14?,17+;/m0./s1. The van der Waals surface area contributed by atoms with E-state index in [0.29, 0.717) is 17.5 Å². The largest absolute Gasteiger partial charge is 0.491 e. The molecule has 1 aromatic carbocycles. The van der Waals surface area contributed by atoms with Crippen LogP contribution in [0.2, 0.25) is 5.02 Å². The second-order valence-electron chi connectivity index (χ2n) is 6.75. The lowest BCUT2D eigenvalue weighted by Gasteiger charge is -2.37. The van der Waals surface area contributed by atoms with Gasteiger partial charge in [0.1, 0.15) is 12.4 Å². The molecule has 3 aliphatic rings. The molecule has 1 amide bonds. The minimum Gasteiger partial charge on any atom is -0.491 e. The first kappa shape index (κ1) is 16.9. The zero-order valence-electron chi connectivity index (χ0n) is 12.9. The van der Waals surface area contributed by atoms with E-state index >= 15 is 0 Å². The summed E-state index contributed by atoms with van der Waals surface area (Å²) in [5.41, 5.74) is 0.773. The lowest BCUT2D eigenvalue weighted by molar-refractivity contribution is -0.134. The molecule has 2 fully saturated rings. The van der Waals surface area contributed by atoms with Crippen molar-refractivity contribution in [3.05, 3.63) is 28.8 Å². The number of hydrogen-bond donors (Lipinski definition) is 2. The maximum Gasteiger partial charge on any atom is 0.228 e. The first-order valence-electron chi connectivity index (χ1n) is 8.13. The van der Waals surface area contributed by atoms with Gasteiger partial charge in [-0.25, -0.2) is 0 Å². The minimum absolute atomic E-state index is 0. The van der Waals surface area contributed by atoms with E-state index in [-0.39, 0.29) is 29.8 Å². The van der Waals surface area contributed by atoms with Gasteiger partial charge in [-0.2, -0.15) is 0 Å². The van der Waals surface area contributed by atoms with Gasteiger partial charge in [-0.15, -0.1) is 12.4 Å². The van der Waals surface area contributed by atoms with Crippen molar-refractivity contribution in [3.8, 4) is 5.75 Å². The van der Waals surface area contributed by atoms with Gasteiger partial charge in [0.2, 0.25) is 5.91 Å². The molecule has 4 rings (SSSR count). The lowest BCUT2D eigenvalue weighted by Crippen LogP contribution is -2.49. The van der Waals surface area contributed by atoms with Gasteiger partial charge in [0.25, 0.3) is 0 Å². The molecule has 23 heavy (non-hydrogen) atoms. The van der Waals surface area contributed by atoms with E-state index < -0.39 is 0 Å². The molecule has 126 valence electrons. The average molecular weight is 357 g/mol. The molecular formula is C17H22Cl2N2O2. The van der Waals surface area contributed by atoms with Crippen LogP contribution in [0.25, 0.3) is 0 Å². The smallest absolute Gasteiger partial charge is 0.228 e. The number of amides is 1. The first-order chi connectivity index (χ1) is 10.7. The summed E-state index contributed by atoms with van der Waals surface area (Å²) in [5, 5.41) is 7.34. The van der Waals surface area contributed by atoms with Crippen LogP contribution in [0.4, 0.5) is 0 Å². The van der Waals surface area contributed by atoms with E-state index in [1.807, 2.05) is 18.2 Å². The van der Waals surface area contributed by atoms with Crippen LogP contribution in [0.5, 0.6) is 5.75 Å². The van der Waals surface area contributed by atoms with E-state index in [1.54, 1.807) is 0 Å². The van der Waals surface area contributed by atoms with Crippen LogP contribution >= 0.6 is 24.0 Å². The van der Waals surface area contributed by atoms with Gasteiger partial charge in [-0.1, -0.05) is 24.4 Å². The van der Waals surface area contributed by atoms with Gasteiger partial charge in [0.15, 0.2) is 0 Å². The summed E-state index contributed by atoms with van der Waals surface area (Å²) in [4.78, 5) is 13.0. The lowest BCUT2D eigenvalue weighted by atomic mass is 9.67. The molecule has 1 unspecified atom stereocenters. The van der Waals surface area contributed by atoms with Crippen molar-refractivity contribution in [1.82, 2.24) is 10.6 Å². The third-order valence-corrected chi connectivity index (χ3v) is 5.78. The van der Waals surface area contributed by atoms with Crippen LogP contribution in [0.15, 0.2) is 18.2 Å². The molecular weight excluding hydrogens is 335 g/mol. The maximum atomic E-state index is 13.0. The van der Waals surface area contributed by atoms with E-state index in [4.69, 9.17) is 16.3 Å².